The van der Waals surface area contributed by atoms with Gasteiger partial charge in [0.05, 0.1) is 0 Å². The van der Waals surface area contributed by atoms with Gasteiger partial charge in [-0.25, -0.2) is 13.9 Å². The Morgan fingerprint density at radius 3 is 2.35 bits per heavy atom. The molecule has 0 unspecified atom stereocenters. The predicted molar refractivity (Wildman–Crippen MR) is 71.5 cm³/mol. The van der Waals surface area contributed by atoms with Crippen LogP contribution < -0.4 is 0 Å². The maximum absolute atomic E-state index is 11.6. The molecule has 0 aliphatic rings. The number of aliphatic carboxylic acids is 1. The maximum atomic E-state index is 11.6. The summed E-state index contributed by atoms with van der Waals surface area (Å²) in [7, 11) is 0. The van der Waals surface area contributed by atoms with Gasteiger partial charge in [-0.2, -0.15) is 11.8 Å². The van der Waals surface area contributed by atoms with Crippen LogP contribution in [-0.2, 0) is 9.53 Å². The molecule has 1 amide bonds. The Labute approximate surface area is 111 Å². The topological polar surface area (TPSA) is 66.8 Å². The molecule has 0 aliphatic heterocycles. The SMILES string of the molecule is CCSC[C@@H](C(=O)O)N(S)C(=O)OC(C)(C)C. The molecular weight excluding hydrogens is 262 g/mol. The third kappa shape index (κ3) is 6.68. The fraction of sp³-hybridized carbons (Fsp3) is 0.800. The molecule has 0 saturated carbocycles. The van der Waals surface area contributed by atoms with E-state index in [2.05, 4.69) is 12.8 Å². The first-order valence-electron chi connectivity index (χ1n) is 5.20. The number of ether oxygens (including phenoxy) is 1. The van der Waals surface area contributed by atoms with Gasteiger partial charge in [-0.3, -0.25) is 0 Å². The van der Waals surface area contributed by atoms with Gasteiger partial charge in [0.15, 0.2) is 6.04 Å². The van der Waals surface area contributed by atoms with Gasteiger partial charge in [0, 0.05) is 5.75 Å². The zero-order valence-corrected chi connectivity index (χ0v) is 12.2. The third-order valence-electron chi connectivity index (χ3n) is 1.64. The van der Waals surface area contributed by atoms with Gasteiger partial charge in [0.2, 0.25) is 0 Å². The Hall–Kier alpha value is -0.560. The zero-order chi connectivity index (χ0) is 13.6. The van der Waals surface area contributed by atoms with Crippen molar-refractivity contribution in [2.24, 2.45) is 0 Å². The Kier molecular flexibility index (Phi) is 6.77. The first kappa shape index (κ1) is 16.4. The zero-order valence-electron chi connectivity index (χ0n) is 10.5. The third-order valence-corrected chi connectivity index (χ3v) is 3.04. The highest BCUT2D eigenvalue weighted by Crippen LogP contribution is 2.16. The monoisotopic (exact) mass is 281 g/mol. The number of thiol groups is 1. The van der Waals surface area contributed by atoms with Crippen LogP contribution in [0.4, 0.5) is 4.79 Å². The first-order chi connectivity index (χ1) is 7.69. The molecule has 0 spiro atoms. The lowest BCUT2D eigenvalue weighted by molar-refractivity contribution is -0.140. The quantitative estimate of drug-likeness (QED) is 0.757. The second-order valence-corrected chi connectivity index (χ2v) is 6.09. The van der Waals surface area contributed by atoms with Crippen LogP contribution >= 0.6 is 24.6 Å². The molecule has 0 saturated heterocycles. The van der Waals surface area contributed by atoms with Gasteiger partial charge >= 0.3 is 12.1 Å². The molecule has 0 rings (SSSR count). The van der Waals surface area contributed by atoms with Crippen LogP contribution in [0.3, 0.4) is 0 Å². The summed E-state index contributed by atoms with van der Waals surface area (Å²) in [4.78, 5) is 22.6. The lowest BCUT2D eigenvalue weighted by Crippen LogP contribution is -2.43. The van der Waals surface area contributed by atoms with E-state index in [4.69, 9.17) is 9.84 Å². The summed E-state index contributed by atoms with van der Waals surface area (Å²) in [6, 6.07) is -0.988. The molecule has 5 nitrogen and oxygen atoms in total. The lowest BCUT2D eigenvalue weighted by Gasteiger charge is -2.27. The standard InChI is InChI=1S/C10H19NO4S2/c1-5-17-6-7(8(12)13)11(16)9(14)15-10(2,3)4/h7,16H,5-6H2,1-4H3,(H,12,13)/t7-/m0/s1. The normalized spacial score (nSPS) is 13.0. The highest BCUT2D eigenvalue weighted by molar-refractivity contribution is 7.99. The van der Waals surface area contributed by atoms with E-state index in [0.717, 1.165) is 10.1 Å². The van der Waals surface area contributed by atoms with E-state index in [1.165, 1.54) is 11.8 Å². The molecule has 0 aliphatic carbocycles. The molecule has 1 N–H and O–H groups in total. The molecule has 100 valence electrons. The second-order valence-electron chi connectivity index (χ2n) is 4.34. The van der Waals surface area contributed by atoms with E-state index in [-0.39, 0.29) is 5.75 Å². The molecule has 0 heterocycles. The highest BCUT2D eigenvalue weighted by atomic mass is 32.2. The van der Waals surface area contributed by atoms with Crippen molar-refractivity contribution in [1.29, 1.82) is 0 Å². The number of carboxylic acids is 1. The Morgan fingerprint density at radius 1 is 1.47 bits per heavy atom. The van der Waals surface area contributed by atoms with Gasteiger partial charge in [0.1, 0.15) is 5.60 Å². The Balaban J connectivity index is 4.55. The molecule has 0 bridgehead atoms. The average molecular weight is 281 g/mol. The largest absolute Gasteiger partial charge is 0.480 e. The molecule has 0 aromatic heterocycles. The number of amides is 1. The summed E-state index contributed by atoms with van der Waals surface area (Å²) in [5.74, 6) is -0.0271. The predicted octanol–water partition coefficient (Wildman–Crippen LogP) is 2.27. The molecule has 0 aromatic carbocycles. The van der Waals surface area contributed by atoms with Crippen LogP contribution in [-0.4, -0.2) is 44.6 Å². The van der Waals surface area contributed by atoms with Crippen molar-refractivity contribution in [3.8, 4) is 0 Å². The van der Waals surface area contributed by atoms with Crippen LogP contribution in [0.15, 0.2) is 0 Å². The fourth-order valence-corrected chi connectivity index (χ4v) is 1.99. The summed E-state index contributed by atoms with van der Waals surface area (Å²) in [6.07, 6.45) is -0.745. The van der Waals surface area contributed by atoms with Crippen LogP contribution in [0.2, 0.25) is 0 Å². The minimum absolute atomic E-state index is 0.286. The Bertz CT molecular complexity index is 278. The average Bonchev–Trinajstić information content (AvgIpc) is 2.14. The van der Waals surface area contributed by atoms with E-state index in [1.54, 1.807) is 20.8 Å². The van der Waals surface area contributed by atoms with Gasteiger partial charge < -0.3 is 9.84 Å². The van der Waals surface area contributed by atoms with Gasteiger partial charge in [-0.1, -0.05) is 19.7 Å². The van der Waals surface area contributed by atoms with Crippen LogP contribution in [0, 0.1) is 0 Å². The van der Waals surface area contributed by atoms with E-state index in [9.17, 15) is 9.59 Å². The fourth-order valence-electron chi connectivity index (χ4n) is 0.912. The number of nitrogens with zero attached hydrogens (tertiary/aromatic N) is 1. The summed E-state index contributed by atoms with van der Waals surface area (Å²) in [6.45, 7) is 7.05. The minimum atomic E-state index is -1.09. The molecule has 0 fully saturated rings. The molecule has 7 heteroatoms. The van der Waals surface area contributed by atoms with Crippen molar-refractivity contribution in [1.82, 2.24) is 4.31 Å². The number of hydrogen-bond acceptors (Lipinski definition) is 5. The lowest BCUT2D eigenvalue weighted by atomic mass is 10.2. The second kappa shape index (κ2) is 7.00. The molecular formula is C10H19NO4S2. The molecule has 0 radical (unpaired) electrons. The van der Waals surface area contributed by atoms with E-state index in [1.807, 2.05) is 6.92 Å². The smallest absolute Gasteiger partial charge is 0.421 e. The van der Waals surface area contributed by atoms with Crippen molar-refractivity contribution in [3.63, 3.8) is 0 Å². The summed E-state index contributed by atoms with van der Waals surface area (Å²) in [5.41, 5.74) is -0.668. The van der Waals surface area contributed by atoms with E-state index < -0.39 is 23.7 Å². The number of carboxylic acid groups (broad SMARTS) is 1. The van der Waals surface area contributed by atoms with Crippen molar-refractivity contribution < 1.29 is 19.4 Å². The maximum Gasteiger partial charge on any atom is 0.421 e. The van der Waals surface area contributed by atoms with Gasteiger partial charge in [-0.05, 0) is 26.5 Å². The summed E-state index contributed by atoms with van der Waals surface area (Å²) < 4.78 is 5.88. The number of carbonyl (C=O) groups is 2. The van der Waals surface area contributed by atoms with Crippen molar-refractivity contribution in [2.75, 3.05) is 11.5 Å². The molecule has 0 aromatic rings. The highest BCUT2D eigenvalue weighted by Gasteiger charge is 2.30. The Morgan fingerprint density at radius 2 is 2.00 bits per heavy atom. The number of rotatable bonds is 5. The number of thioether (sulfide) groups is 1. The summed E-state index contributed by atoms with van der Waals surface area (Å²) >= 11 is 5.34. The first-order valence-corrected chi connectivity index (χ1v) is 6.76. The summed E-state index contributed by atoms with van der Waals surface area (Å²) in [5, 5.41) is 9.01. The van der Waals surface area contributed by atoms with Crippen molar-refractivity contribution >= 4 is 36.6 Å². The number of carbonyl (C=O) groups excluding carboxylic acids is 1. The minimum Gasteiger partial charge on any atom is -0.480 e. The van der Waals surface area contributed by atoms with Crippen LogP contribution in [0.25, 0.3) is 0 Å². The van der Waals surface area contributed by atoms with Crippen LogP contribution in [0.1, 0.15) is 27.7 Å². The molecule has 17 heavy (non-hydrogen) atoms. The van der Waals surface area contributed by atoms with Gasteiger partial charge in [-0.15, -0.1) is 0 Å². The van der Waals surface area contributed by atoms with E-state index in [0.29, 0.717) is 0 Å². The van der Waals surface area contributed by atoms with E-state index >= 15 is 0 Å². The number of hydrogen-bond donors (Lipinski definition) is 2. The molecule has 1 atom stereocenters. The van der Waals surface area contributed by atoms with Crippen molar-refractivity contribution in [2.45, 2.75) is 39.3 Å². The van der Waals surface area contributed by atoms with Crippen molar-refractivity contribution in [3.05, 3.63) is 0 Å². The van der Waals surface area contributed by atoms with Crippen LogP contribution in [0.5, 0.6) is 0 Å². The van der Waals surface area contributed by atoms with Gasteiger partial charge in [0.25, 0.3) is 0 Å².